The third kappa shape index (κ3) is 8.82. The van der Waals surface area contributed by atoms with Gasteiger partial charge in [-0.3, -0.25) is 9.69 Å². The number of nitrogens with one attached hydrogen (secondary N) is 1. The molecule has 10 nitrogen and oxygen atoms in total. The van der Waals surface area contributed by atoms with Crippen LogP contribution >= 0.6 is 0 Å². The van der Waals surface area contributed by atoms with Crippen LogP contribution in [-0.4, -0.2) is 64.6 Å². The molecule has 0 bridgehead atoms. The molecule has 238 valence electrons. The Bertz CT molecular complexity index is 1550. The Morgan fingerprint density at radius 2 is 1.54 bits per heavy atom. The molecule has 0 saturated carbocycles. The smallest absolute Gasteiger partial charge is 0.416 e. The van der Waals surface area contributed by atoms with Crippen LogP contribution in [0.1, 0.15) is 48.0 Å². The number of amides is 2. The number of carbonyl (C=O) groups excluding carboxylic acids is 2. The first-order valence-electron chi connectivity index (χ1n) is 15.9. The molecular formula is C36H39N5O5. The minimum Gasteiger partial charge on any atom is -0.493 e. The average molecular weight is 622 g/mol. The number of pyridine rings is 2. The van der Waals surface area contributed by atoms with Crippen molar-refractivity contribution in [3.05, 3.63) is 102 Å². The van der Waals surface area contributed by atoms with Crippen molar-refractivity contribution in [3.63, 3.8) is 0 Å². The topological polar surface area (TPSA) is 106 Å². The Labute approximate surface area is 269 Å². The first-order valence-corrected chi connectivity index (χ1v) is 15.9. The molecule has 4 aromatic rings. The van der Waals surface area contributed by atoms with E-state index in [4.69, 9.17) is 14.2 Å². The number of likely N-dealkylation sites (tertiary alicyclic amines) is 2. The van der Waals surface area contributed by atoms with Crippen molar-refractivity contribution in [3.8, 4) is 23.3 Å². The molecule has 0 atom stereocenters. The molecule has 6 rings (SSSR count). The molecule has 2 aliphatic rings. The van der Waals surface area contributed by atoms with E-state index in [-0.39, 0.29) is 11.8 Å². The Morgan fingerprint density at radius 1 is 0.783 bits per heavy atom. The highest BCUT2D eigenvalue weighted by Gasteiger charge is 2.25. The van der Waals surface area contributed by atoms with Gasteiger partial charge >= 0.3 is 6.09 Å². The van der Waals surface area contributed by atoms with Gasteiger partial charge in [-0.2, -0.15) is 0 Å². The molecule has 0 radical (unpaired) electrons. The Kier molecular flexibility index (Phi) is 10.4. The van der Waals surface area contributed by atoms with Gasteiger partial charge in [-0.25, -0.2) is 14.8 Å². The molecule has 1 N–H and O–H groups in total. The van der Waals surface area contributed by atoms with E-state index in [2.05, 4.69) is 20.2 Å². The second kappa shape index (κ2) is 15.4. The van der Waals surface area contributed by atoms with Gasteiger partial charge in [-0.05, 0) is 98.8 Å². The highest BCUT2D eigenvalue weighted by molar-refractivity contribution is 6.04. The van der Waals surface area contributed by atoms with Gasteiger partial charge in [0.25, 0.3) is 5.91 Å². The molecule has 2 fully saturated rings. The highest BCUT2D eigenvalue weighted by atomic mass is 16.6. The number of hydrogen-bond donors (Lipinski definition) is 1. The number of rotatable bonds is 10. The van der Waals surface area contributed by atoms with Crippen molar-refractivity contribution in [2.24, 2.45) is 5.92 Å². The first kappa shape index (κ1) is 31.0. The van der Waals surface area contributed by atoms with Crippen molar-refractivity contribution < 1.29 is 23.8 Å². The fourth-order valence-corrected chi connectivity index (χ4v) is 5.64. The SMILES string of the molecule is O=C(Nc1ccc(OC(=O)N2CCC(COc3ccc(Oc4ccccn4)cc3)CC2)nc1)c1ccc(CN2CCCCC2)cc1. The van der Waals surface area contributed by atoms with E-state index in [1.54, 1.807) is 29.3 Å². The van der Waals surface area contributed by atoms with Gasteiger partial charge in [-0.15, -0.1) is 0 Å². The van der Waals surface area contributed by atoms with Gasteiger partial charge < -0.3 is 24.4 Å². The molecule has 4 heterocycles. The number of benzene rings is 2. The number of aromatic nitrogens is 2. The summed E-state index contributed by atoms with van der Waals surface area (Å²) in [6.45, 7) is 4.91. The summed E-state index contributed by atoms with van der Waals surface area (Å²) in [5.74, 6) is 2.30. The first-order chi connectivity index (χ1) is 22.6. The van der Waals surface area contributed by atoms with Crippen molar-refractivity contribution >= 4 is 17.7 Å². The van der Waals surface area contributed by atoms with Crippen LogP contribution in [0.5, 0.6) is 23.3 Å². The van der Waals surface area contributed by atoms with Crippen LogP contribution in [0, 0.1) is 5.92 Å². The Hall–Kier alpha value is -4.96. The molecule has 2 amide bonds. The van der Waals surface area contributed by atoms with Gasteiger partial charge in [0.1, 0.15) is 11.5 Å². The summed E-state index contributed by atoms with van der Waals surface area (Å²) in [6.07, 6.45) is 8.19. The normalized spacial score (nSPS) is 15.6. The fourth-order valence-electron chi connectivity index (χ4n) is 5.64. The zero-order chi connectivity index (χ0) is 31.6. The van der Waals surface area contributed by atoms with Gasteiger partial charge in [0.2, 0.25) is 11.8 Å². The van der Waals surface area contributed by atoms with E-state index in [0.29, 0.717) is 48.5 Å². The van der Waals surface area contributed by atoms with Crippen molar-refractivity contribution in [1.29, 1.82) is 0 Å². The van der Waals surface area contributed by atoms with Crippen LogP contribution < -0.4 is 19.5 Å². The zero-order valence-electron chi connectivity index (χ0n) is 25.8. The Balaban J connectivity index is 0.898. The molecular weight excluding hydrogens is 582 g/mol. The van der Waals surface area contributed by atoms with Gasteiger partial charge in [-0.1, -0.05) is 24.6 Å². The van der Waals surface area contributed by atoms with Crippen LogP contribution in [0.15, 0.2) is 91.3 Å². The van der Waals surface area contributed by atoms with Crippen molar-refractivity contribution in [2.45, 2.75) is 38.6 Å². The van der Waals surface area contributed by atoms with Crippen LogP contribution in [0.25, 0.3) is 0 Å². The molecule has 0 aliphatic carbocycles. The lowest BCUT2D eigenvalue weighted by Crippen LogP contribution is -2.41. The number of nitrogens with zero attached hydrogens (tertiary/aromatic N) is 4. The van der Waals surface area contributed by atoms with E-state index in [0.717, 1.165) is 38.2 Å². The summed E-state index contributed by atoms with van der Waals surface area (Å²) < 4.78 is 17.2. The van der Waals surface area contributed by atoms with E-state index < -0.39 is 6.09 Å². The predicted molar refractivity (Wildman–Crippen MR) is 174 cm³/mol. The lowest BCUT2D eigenvalue weighted by molar-refractivity contribution is 0.102. The van der Waals surface area contributed by atoms with Crippen LogP contribution in [-0.2, 0) is 6.54 Å². The maximum atomic E-state index is 12.8. The average Bonchev–Trinajstić information content (AvgIpc) is 3.10. The molecule has 2 aliphatic heterocycles. The minimum atomic E-state index is -0.434. The number of piperidine rings is 2. The predicted octanol–water partition coefficient (Wildman–Crippen LogP) is 6.80. The third-order valence-electron chi connectivity index (χ3n) is 8.30. The van der Waals surface area contributed by atoms with E-state index in [1.165, 1.54) is 31.0 Å². The van der Waals surface area contributed by atoms with E-state index in [9.17, 15) is 9.59 Å². The second-order valence-electron chi connectivity index (χ2n) is 11.7. The molecule has 0 spiro atoms. The largest absolute Gasteiger partial charge is 0.493 e. The maximum Gasteiger partial charge on any atom is 0.416 e. The Morgan fingerprint density at radius 3 is 2.24 bits per heavy atom. The molecule has 0 unspecified atom stereocenters. The summed E-state index contributed by atoms with van der Waals surface area (Å²) in [7, 11) is 0. The molecule has 10 heteroatoms. The molecule has 46 heavy (non-hydrogen) atoms. The van der Waals surface area contributed by atoms with Crippen LogP contribution in [0.2, 0.25) is 0 Å². The third-order valence-corrected chi connectivity index (χ3v) is 8.30. The summed E-state index contributed by atoms with van der Waals surface area (Å²) in [5.41, 5.74) is 2.31. The van der Waals surface area contributed by atoms with Crippen molar-refractivity contribution in [2.75, 3.05) is 38.1 Å². The summed E-state index contributed by atoms with van der Waals surface area (Å²) in [5, 5.41) is 2.86. The standard InChI is InChI=1S/C36H39N5O5/c42-35(29-9-7-27(8-10-29)25-40-20-4-1-5-21-40)39-30-11-16-34(38-24-30)46-36(43)41-22-17-28(18-23-41)26-44-31-12-14-32(15-13-31)45-33-6-2-3-19-37-33/h2-3,6-16,19,24,28H,1,4-5,17-18,20-23,25-26H2,(H,39,42). The number of carbonyl (C=O) groups is 2. The highest BCUT2D eigenvalue weighted by Crippen LogP contribution is 2.25. The lowest BCUT2D eigenvalue weighted by Gasteiger charge is -2.30. The second-order valence-corrected chi connectivity index (χ2v) is 11.7. The lowest BCUT2D eigenvalue weighted by atomic mass is 9.98. The zero-order valence-corrected chi connectivity index (χ0v) is 25.8. The fraction of sp³-hybridized carbons (Fsp3) is 0.333. The number of hydrogen-bond acceptors (Lipinski definition) is 8. The van der Waals surface area contributed by atoms with Gasteiger partial charge in [0.15, 0.2) is 0 Å². The van der Waals surface area contributed by atoms with Crippen LogP contribution in [0.3, 0.4) is 0 Å². The minimum absolute atomic E-state index is 0.186. The van der Waals surface area contributed by atoms with Crippen molar-refractivity contribution in [1.82, 2.24) is 19.8 Å². The van der Waals surface area contributed by atoms with E-state index >= 15 is 0 Å². The quantitative estimate of drug-likeness (QED) is 0.206. The number of anilines is 1. The summed E-state index contributed by atoms with van der Waals surface area (Å²) in [4.78, 5) is 38.1. The van der Waals surface area contributed by atoms with E-state index in [1.807, 2.05) is 60.7 Å². The monoisotopic (exact) mass is 621 g/mol. The molecule has 2 aromatic carbocycles. The van der Waals surface area contributed by atoms with Gasteiger partial charge in [0, 0.05) is 43.5 Å². The van der Waals surface area contributed by atoms with Crippen LogP contribution in [0.4, 0.5) is 10.5 Å². The van der Waals surface area contributed by atoms with Gasteiger partial charge in [0.05, 0.1) is 18.5 Å². The number of ether oxygens (including phenoxy) is 3. The molecule has 2 saturated heterocycles. The summed E-state index contributed by atoms with van der Waals surface area (Å²) >= 11 is 0. The summed E-state index contributed by atoms with van der Waals surface area (Å²) in [6, 6.07) is 24.0. The molecule has 2 aromatic heterocycles. The maximum absolute atomic E-state index is 12.8.